The summed E-state index contributed by atoms with van der Waals surface area (Å²) in [7, 11) is 1.53. The SMILES string of the molecule is COc1c(CCO)c(=O)[nH]c2ccccc12. The van der Waals surface area contributed by atoms with Gasteiger partial charge in [0.25, 0.3) is 5.56 Å². The fourth-order valence-corrected chi connectivity index (χ4v) is 1.83. The summed E-state index contributed by atoms with van der Waals surface area (Å²) < 4.78 is 5.26. The Bertz CT molecular complexity index is 560. The van der Waals surface area contributed by atoms with E-state index in [9.17, 15) is 4.79 Å². The number of H-pyrrole nitrogens is 1. The van der Waals surface area contributed by atoms with Crippen LogP contribution in [0.4, 0.5) is 0 Å². The Balaban J connectivity index is 2.79. The molecule has 4 heteroatoms. The Morgan fingerprint density at radius 3 is 2.81 bits per heavy atom. The van der Waals surface area contributed by atoms with Gasteiger partial charge in [-0.3, -0.25) is 4.79 Å². The Labute approximate surface area is 92.5 Å². The van der Waals surface area contributed by atoms with Crippen LogP contribution in [0.25, 0.3) is 10.9 Å². The van der Waals surface area contributed by atoms with Gasteiger partial charge in [0.05, 0.1) is 18.2 Å². The van der Waals surface area contributed by atoms with Gasteiger partial charge in [-0.15, -0.1) is 0 Å². The van der Waals surface area contributed by atoms with Crippen molar-refractivity contribution in [2.24, 2.45) is 0 Å². The van der Waals surface area contributed by atoms with Gasteiger partial charge in [0.15, 0.2) is 0 Å². The van der Waals surface area contributed by atoms with E-state index in [4.69, 9.17) is 9.84 Å². The Morgan fingerprint density at radius 1 is 1.38 bits per heavy atom. The largest absolute Gasteiger partial charge is 0.496 e. The van der Waals surface area contributed by atoms with E-state index < -0.39 is 0 Å². The van der Waals surface area contributed by atoms with Crippen LogP contribution in [0.15, 0.2) is 29.1 Å². The van der Waals surface area contributed by atoms with Crippen LogP contribution < -0.4 is 10.3 Å². The van der Waals surface area contributed by atoms with Crippen molar-refractivity contribution in [1.29, 1.82) is 0 Å². The van der Waals surface area contributed by atoms with Crippen molar-refractivity contribution in [2.75, 3.05) is 13.7 Å². The van der Waals surface area contributed by atoms with E-state index in [1.165, 1.54) is 7.11 Å². The van der Waals surface area contributed by atoms with E-state index in [0.717, 1.165) is 10.9 Å². The maximum absolute atomic E-state index is 11.8. The quantitative estimate of drug-likeness (QED) is 0.811. The van der Waals surface area contributed by atoms with Crippen LogP contribution in [0.1, 0.15) is 5.56 Å². The zero-order valence-electron chi connectivity index (χ0n) is 8.99. The second-order valence-electron chi connectivity index (χ2n) is 3.49. The van der Waals surface area contributed by atoms with Crippen molar-refractivity contribution in [3.63, 3.8) is 0 Å². The minimum absolute atomic E-state index is 0.0716. The molecule has 1 heterocycles. The third-order valence-electron chi connectivity index (χ3n) is 2.53. The van der Waals surface area contributed by atoms with Crippen LogP contribution in [0, 0.1) is 0 Å². The smallest absolute Gasteiger partial charge is 0.255 e. The number of aromatic amines is 1. The number of fused-ring (bicyclic) bond motifs is 1. The minimum atomic E-state index is -0.204. The topological polar surface area (TPSA) is 62.3 Å². The molecule has 0 aliphatic rings. The number of hydrogen-bond donors (Lipinski definition) is 2. The van der Waals surface area contributed by atoms with Crippen molar-refractivity contribution in [1.82, 2.24) is 4.98 Å². The van der Waals surface area contributed by atoms with Gasteiger partial charge in [0, 0.05) is 18.4 Å². The molecule has 0 bridgehead atoms. The summed E-state index contributed by atoms with van der Waals surface area (Å²) in [4.78, 5) is 14.5. The van der Waals surface area contributed by atoms with Crippen molar-refractivity contribution >= 4 is 10.9 Å². The van der Waals surface area contributed by atoms with Crippen LogP contribution in [0.3, 0.4) is 0 Å². The molecular formula is C12H13NO3. The maximum atomic E-state index is 11.8. The third-order valence-corrected chi connectivity index (χ3v) is 2.53. The lowest BCUT2D eigenvalue weighted by atomic mass is 10.1. The standard InChI is InChI=1S/C12H13NO3/c1-16-11-8-4-2-3-5-10(8)13-12(15)9(11)6-7-14/h2-5,14H,6-7H2,1H3,(H,13,15). The summed E-state index contributed by atoms with van der Waals surface area (Å²) in [6.45, 7) is -0.0716. The van der Waals surface area contributed by atoms with Gasteiger partial charge < -0.3 is 14.8 Å². The molecule has 0 radical (unpaired) electrons. The summed E-state index contributed by atoms with van der Waals surface area (Å²) in [6.07, 6.45) is 0.295. The minimum Gasteiger partial charge on any atom is -0.496 e. The van der Waals surface area contributed by atoms with E-state index >= 15 is 0 Å². The molecular weight excluding hydrogens is 206 g/mol. The summed E-state index contributed by atoms with van der Waals surface area (Å²) in [5.41, 5.74) is 1.03. The second-order valence-corrected chi connectivity index (χ2v) is 3.49. The highest BCUT2D eigenvalue weighted by atomic mass is 16.5. The molecule has 0 atom stereocenters. The summed E-state index contributed by atoms with van der Waals surface area (Å²) >= 11 is 0. The van der Waals surface area contributed by atoms with Crippen molar-refractivity contribution < 1.29 is 9.84 Å². The highest BCUT2D eigenvalue weighted by Crippen LogP contribution is 2.25. The molecule has 0 fully saturated rings. The highest BCUT2D eigenvalue weighted by Gasteiger charge is 2.11. The van der Waals surface area contributed by atoms with Crippen LogP contribution in [0.2, 0.25) is 0 Å². The van der Waals surface area contributed by atoms with Gasteiger partial charge in [0.2, 0.25) is 0 Å². The lowest BCUT2D eigenvalue weighted by molar-refractivity contribution is 0.296. The van der Waals surface area contributed by atoms with Crippen molar-refractivity contribution in [3.05, 3.63) is 40.2 Å². The molecule has 0 spiro atoms. The first-order chi connectivity index (χ1) is 7.77. The number of para-hydroxylation sites is 1. The summed E-state index contributed by atoms with van der Waals surface area (Å²) in [5.74, 6) is 0.549. The number of hydrogen-bond acceptors (Lipinski definition) is 3. The van der Waals surface area contributed by atoms with E-state index in [0.29, 0.717) is 17.7 Å². The van der Waals surface area contributed by atoms with E-state index in [1.807, 2.05) is 24.3 Å². The van der Waals surface area contributed by atoms with Gasteiger partial charge in [0.1, 0.15) is 5.75 Å². The molecule has 2 N–H and O–H groups in total. The average molecular weight is 219 g/mol. The molecule has 1 aromatic heterocycles. The van der Waals surface area contributed by atoms with Gasteiger partial charge >= 0.3 is 0 Å². The van der Waals surface area contributed by atoms with Crippen LogP contribution in [0.5, 0.6) is 5.75 Å². The average Bonchev–Trinajstić information content (AvgIpc) is 2.30. The Hall–Kier alpha value is -1.81. The second kappa shape index (κ2) is 4.37. The Morgan fingerprint density at radius 2 is 2.12 bits per heavy atom. The number of nitrogens with one attached hydrogen (secondary N) is 1. The monoisotopic (exact) mass is 219 g/mol. The van der Waals surface area contributed by atoms with Gasteiger partial charge in [-0.1, -0.05) is 12.1 Å². The molecule has 0 unspecified atom stereocenters. The molecule has 16 heavy (non-hydrogen) atoms. The van der Waals surface area contributed by atoms with E-state index in [-0.39, 0.29) is 12.2 Å². The highest BCUT2D eigenvalue weighted by molar-refractivity contribution is 5.86. The number of aliphatic hydroxyl groups excluding tert-OH is 1. The first-order valence-electron chi connectivity index (χ1n) is 5.06. The predicted molar refractivity (Wildman–Crippen MR) is 61.9 cm³/mol. The van der Waals surface area contributed by atoms with E-state index in [1.54, 1.807) is 0 Å². The number of aromatic nitrogens is 1. The molecule has 4 nitrogen and oxygen atoms in total. The molecule has 1 aromatic carbocycles. The first kappa shape index (κ1) is 10.7. The maximum Gasteiger partial charge on any atom is 0.255 e. The molecule has 0 amide bonds. The summed E-state index contributed by atoms with van der Waals surface area (Å²) in [6, 6.07) is 7.43. The van der Waals surface area contributed by atoms with E-state index in [2.05, 4.69) is 4.98 Å². The fraction of sp³-hybridized carbons (Fsp3) is 0.250. The van der Waals surface area contributed by atoms with Crippen LogP contribution in [-0.4, -0.2) is 23.8 Å². The molecule has 0 aliphatic carbocycles. The number of benzene rings is 1. The normalized spacial score (nSPS) is 10.6. The number of ether oxygens (including phenoxy) is 1. The third kappa shape index (κ3) is 1.67. The first-order valence-corrected chi connectivity index (χ1v) is 5.06. The van der Waals surface area contributed by atoms with Crippen molar-refractivity contribution in [3.8, 4) is 5.75 Å². The molecule has 0 aliphatic heterocycles. The lowest BCUT2D eigenvalue weighted by Crippen LogP contribution is -2.15. The van der Waals surface area contributed by atoms with Crippen molar-refractivity contribution in [2.45, 2.75) is 6.42 Å². The number of methoxy groups -OCH3 is 1. The fourth-order valence-electron chi connectivity index (χ4n) is 1.83. The molecule has 2 rings (SSSR count). The predicted octanol–water partition coefficient (Wildman–Crippen LogP) is 1.07. The zero-order chi connectivity index (χ0) is 11.5. The molecule has 0 saturated heterocycles. The van der Waals surface area contributed by atoms with Crippen LogP contribution in [-0.2, 0) is 6.42 Å². The Kier molecular flexibility index (Phi) is 2.92. The van der Waals surface area contributed by atoms with Gasteiger partial charge in [-0.2, -0.15) is 0 Å². The number of aliphatic hydroxyl groups is 1. The molecule has 2 aromatic rings. The van der Waals surface area contributed by atoms with Gasteiger partial charge in [-0.05, 0) is 12.1 Å². The molecule has 84 valence electrons. The summed E-state index contributed by atoms with van der Waals surface area (Å²) in [5, 5.41) is 9.78. The van der Waals surface area contributed by atoms with Crippen LogP contribution >= 0.6 is 0 Å². The lowest BCUT2D eigenvalue weighted by Gasteiger charge is -2.09. The number of rotatable bonds is 3. The number of pyridine rings is 1. The molecule has 0 saturated carbocycles. The van der Waals surface area contributed by atoms with Gasteiger partial charge in [-0.25, -0.2) is 0 Å². The zero-order valence-corrected chi connectivity index (χ0v) is 8.99.